The maximum atomic E-state index is 12.7. The standard InChI is InChI=1S/C17H18F3N7/c1-25-15-13(10-24-25)16(23-11-22-15)27-6-2-5-26(7-8-27)14-4-3-12(9-21-14)17(18,19)20/h3-4,9-11H,2,5-8H2,1H3. The number of aromatic nitrogens is 5. The fourth-order valence-corrected chi connectivity index (χ4v) is 3.30. The van der Waals surface area contributed by atoms with E-state index in [-0.39, 0.29) is 0 Å². The second-order valence-electron chi connectivity index (χ2n) is 6.43. The van der Waals surface area contributed by atoms with Crippen LogP contribution in [0.15, 0.2) is 30.9 Å². The quantitative estimate of drug-likeness (QED) is 0.684. The Labute approximate surface area is 153 Å². The molecule has 0 aliphatic carbocycles. The molecule has 1 aliphatic heterocycles. The van der Waals surface area contributed by atoms with Gasteiger partial charge in [-0.2, -0.15) is 18.3 Å². The van der Waals surface area contributed by atoms with E-state index in [9.17, 15) is 13.2 Å². The number of aryl methyl sites for hydroxylation is 1. The number of alkyl halides is 3. The van der Waals surface area contributed by atoms with Crippen LogP contribution in [0.4, 0.5) is 24.8 Å². The lowest BCUT2D eigenvalue weighted by atomic mass is 10.2. The Hall–Kier alpha value is -2.91. The Morgan fingerprint density at radius 2 is 1.70 bits per heavy atom. The Morgan fingerprint density at radius 3 is 2.44 bits per heavy atom. The van der Waals surface area contributed by atoms with Crippen LogP contribution in [0.25, 0.3) is 11.0 Å². The van der Waals surface area contributed by atoms with Gasteiger partial charge in [-0.05, 0) is 18.6 Å². The summed E-state index contributed by atoms with van der Waals surface area (Å²) in [6, 6.07) is 2.51. The average molecular weight is 377 g/mol. The van der Waals surface area contributed by atoms with Gasteiger partial charge in [0.05, 0.1) is 17.1 Å². The van der Waals surface area contributed by atoms with Crippen LogP contribution < -0.4 is 9.80 Å². The van der Waals surface area contributed by atoms with Crippen LogP contribution in [0.2, 0.25) is 0 Å². The minimum atomic E-state index is -4.37. The molecule has 10 heteroatoms. The number of anilines is 2. The predicted molar refractivity (Wildman–Crippen MR) is 94.6 cm³/mol. The summed E-state index contributed by atoms with van der Waals surface area (Å²) in [5, 5.41) is 5.13. The van der Waals surface area contributed by atoms with E-state index in [2.05, 4.69) is 25.0 Å². The van der Waals surface area contributed by atoms with Crippen molar-refractivity contribution in [1.29, 1.82) is 0 Å². The van der Waals surface area contributed by atoms with Gasteiger partial charge in [0.25, 0.3) is 0 Å². The van der Waals surface area contributed by atoms with Gasteiger partial charge in [0.15, 0.2) is 5.65 Å². The number of hydrogen-bond donors (Lipinski definition) is 0. The van der Waals surface area contributed by atoms with Crippen molar-refractivity contribution in [3.63, 3.8) is 0 Å². The third kappa shape index (κ3) is 3.38. The van der Waals surface area contributed by atoms with Crippen molar-refractivity contribution in [2.75, 3.05) is 36.0 Å². The summed E-state index contributed by atoms with van der Waals surface area (Å²) in [4.78, 5) is 16.9. The number of pyridine rings is 1. The minimum Gasteiger partial charge on any atom is -0.355 e. The Morgan fingerprint density at radius 1 is 0.926 bits per heavy atom. The Bertz CT molecular complexity index is 936. The fourth-order valence-electron chi connectivity index (χ4n) is 3.30. The predicted octanol–water partition coefficient (Wildman–Crippen LogP) is 2.49. The molecular weight excluding hydrogens is 359 g/mol. The molecule has 4 rings (SSSR count). The number of nitrogens with zero attached hydrogens (tertiary/aromatic N) is 7. The molecule has 0 saturated carbocycles. The van der Waals surface area contributed by atoms with Gasteiger partial charge in [-0.15, -0.1) is 0 Å². The van der Waals surface area contributed by atoms with E-state index in [1.54, 1.807) is 10.9 Å². The van der Waals surface area contributed by atoms with E-state index < -0.39 is 11.7 Å². The van der Waals surface area contributed by atoms with Crippen molar-refractivity contribution in [3.05, 3.63) is 36.4 Å². The highest BCUT2D eigenvalue weighted by molar-refractivity contribution is 5.86. The zero-order valence-electron chi connectivity index (χ0n) is 14.7. The molecule has 0 atom stereocenters. The van der Waals surface area contributed by atoms with Gasteiger partial charge in [0.1, 0.15) is 18.0 Å². The number of halogens is 3. The smallest absolute Gasteiger partial charge is 0.355 e. The maximum Gasteiger partial charge on any atom is 0.417 e. The molecule has 1 saturated heterocycles. The van der Waals surface area contributed by atoms with Crippen molar-refractivity contribution >= 4 is 22.7 Å². The third-order valence-electron chi connectivity index (χ3n) is 4.70. The van der Waals surface area contributed by atoms with Crippen LogP contribution in [-0.2, 0) is 13.2 Å². The molecular formula is C17H18F3N7. The van der Waals surface area contributed by atoms with Gasteiger partial charge < -0.3 is 9.80 Å². The minimum absolute atomic E-state index is 0.555. The first kappa shape index (κ1) is 17.5. The second kappa shape index (κ2) is 6.67. The van der Waals surface area contributed by atoms with Crippen molar-refractivity contribution in [3.8, 4) is 0 Å². The first-order valence-electron chi connectivity index (χ1n) is 8.59. The van der Waals surface area contributed by atoms with Gasteiger partial charge in [0.2, 0.25) is 0 Å². The van der Waals surface area contributed by atoms with Crippen LogP contribution in [0, 0.1) is 0 Å². The Kier molecular flexibility index (Phi) is 4.33. The summed E-state index contributed by atoms with van der Waals surface area (Å²) in [7, 11) is 1.83. The van der Waals surface area contributed by atoms with E-state index in [1.165, 1.54) is 12.4 Å². The van der Waals surface area contributed by atoms with Crippen LogP contribution >= 0.6 is 0 Å². The molecule has 1 aliphatic rings. The van der Waals surface area contributed by atoms with E-state index in [4.69, 9.17) is 0 Å². The molecule has 0 bridgehead atoms. The average Bonchev–Trinajstić information content (AvgIpc) is 2.88. The second-order valence-corrected chi connectivity index (χ2v) is 6.43. The van der Waals surface area contributed by atoms with Gasteiger partial charge in [-0.3, -0.25) is 4.68 Å². The topological polar surface area (TPSA) is 63.0 Å². The zero-order valence-corrected chi connectivity index (χ0v) is 14.7. The lowest BCUT2D eigenvalue weighted by molar-refractivity contribution is -0.137. The summed E-state index contributed by atoms with van der Waals surface area (Å²) in [5.74, 6) is 1.38. The molecule has 4 heterocycles. The molecule has 142 valence electrons. The van der Waals surface area contributed by atoms with Crippen LogP contribution in [-0.4, -0.2) is 50.9 Å². The molecule has 27 heavy (non-hydrogen) atoms. The third-order valence-corrected chi connectivity index (χ3v) is 4.70. The normalized spacial score (nSPS) is 16.0. The first-order valence-corrected chi connectivity index (χ1v) is 8.59. The molecule has 0 spiro atoms. The molecule has 3 aromatic heterocycles. The molecule has 1 fully saturated rings. The lowest BCUT2D eigenvalue weighted by Gasteiger charge is -2.23. The van der Waals surface area contributed by atoms with Gasteiger partial charge in [0, 0.05) is 39.4 Å². The van der Waals surface area contributed by atoms with E-state index in [1.807, 2.05) is 11.9 Å². The zero-order chi connectivity index (χ0) is 19.0. The van der Waals surface area contributed by atoms with Gasteiger partial charge in [-0.1, -0.05) is 0 Å². The van der Waals surface area contributed by atoms with Gasteiger partial charge >= 0.3 is 6.18 Å². The highest BCUT2D eigenvalue weighted by atomic mass is 19.4. The monoisotopic (exact) mass is 377 g/mol. The molecule has 0 aromatic carbocycles. The lowest BCUT2D eigenvalue weighted by Crippen LogP contribution is -2.31. The molecule has 0 amide bonds. The fraction of sp³-hybridized carbons (Fsp3) is 0.412. The van der Waals surface area contributed by atoms with E-state index in [0.29, 0.717) is 18.9 Å². The molecule has 0 N–H and O–H groups in total. The Balaban J connectivity index is 1.52. The van der Waals surface area contributed by atoms with Crippen molar-refractivity contribution in [2.45, 2.75) is 12.6 Å². The highest BCUT2D eigenvalue weighted by Gasteiger charge is 2.31. The summed E-state index contributed by atoms with van der Waals surface area (Å²) in [6.07, 6.45) is 0.642. The molecule has 7 nitrogen and oxygen atoms in total. The summed E-state index contributed by atoms with van der Waals surface area (Å²) < 4.78 is 39.9. The summed E-state index contributed by atoms with van der Waals surface area (Å²) in [6.45, 7) is 2.84. The SMILES string of the molecule is Cn1ncc2c(N3CCCN(c4ccc(C(F)(F)F)cn4)CC3)ncnc21. The summed E-state index contributed by atoms with van der Waals surface area (Å²) >= 11 is 0. The van der Waals surface area contributed by atoms with Crippen molar-refractivity contribution in [1.82, 2.24) is 24.7 Å². The van der Waals surface area contributed by atoms with Gasteiger partial charge in [-0.25, -0.2) is 15.0 Å². The van der Waals surface area contributed by atoms with Crippen LogP contribution in [0.5, 0.6) is 0 Å². The number of fused-ring (bicyclic) bond motifs is 1. The molecule has 3 aromatic rings. The van der Waals surface area contributed by atoms with Crippen LogP contribution in [0.1, 0.15) is 12.0 Å². The largest absolute Gasteiger partial charge is 0.417 e. The highest BCUT2D eigenvalue weighted by Crippen LogP contribution is 2.30. The number of rotatable bonds is 2. The van der Waals surface area contributed by atoms with E-state index in [0.717, 1.165) is 48.6 Å². The van der Waals surface area contributed by atoms with Crippen LogP contribution in [0.3, 0.4) is 0 Å². The van der Waals surface area contributed by atoms with Crippen molar-refractivity contribution in [2.24, 2.45) is 7.05 Å². The molecule has 0 unspecified atom stereocenters. The summed E-state index contributed by atoms with van der Waals surface area (Å²) in [5.41, 5.74) is 0.0353. The van der Waals surface area contributed by atoms with Crippen molar-refractivity contribution < 1.29 is 13.2 Å². The maximum absolute atomic E-state index is 12.7. The number of hydrogen-bond acceptors (Lipinski definition) is 6. The molecule has 0 radical (unpaired) electrons. The first-order chi connectivity index (χ1) is 12.9. The van der Waals surface area contributed by atoms with E-state index >= 15 is 0 Å².